The van der Waals surface area contributed by atoms with Gasteiger partial charge in [0.05, 0.1) is 6.61 Å². The Kier molecular flexibility index (Phi) is 5.94. The molecule has 0 aliphatic carbocycles. The van der Waals surface area contributed by atoms with Gasteiger partial charge in [-0.25, -0.2) is 0 Å². The van der Waals surface area contributed by atoms with Crippen molar-refractivity contribution >= 4 is 0 Å². The van der Waals surface area contributed by atoms with E-state index in [9.17, 15) is 0 Å². The van der Waals surface area contributed by atoms with E-state index < -0.39 is 0 Å². The molecular weight excluding hydrogens is 198 g/mol. The average Bonchev–Trinajstić information content (AvgIpc) is 2.28. The molecule has 1 N–H and O–H groups in total. The molecule has 0 heterocycles. The number of rotatable bonds is 7. The highest BCUT2D eigenvalue weighted by Gasteiger charge is 1.96. The van der Waals surface area contributed by atoms with Crippen LogP contribution in [0.25, 0.3) is 0 Å². The smallest absolute Gasteiger partial charge is 0.119 e. The Labute approximate surface area is 99.0 Å². The summed E-state index contributed by atoms with van der Waals surface area (Å²) in [4.78, 5) is 0. The molecule has 0 aliphatic heterocycles. The summed E-state index contributed by atoms with van der Waals surface area (Å²) in [5.74, 6) is 0.985. The third kappa shape index (κ3) is 4.67. The number of aryl methyl sites for hydroxylation is 2. The van der Waals surface area contributed by atoms with Crippen LogP contribution in [0.5, 0.6) is 5.75 Å². The second-order valence-corrected chi connectivity index (χ2v) is 4.20. The third-order valence-corrected chi connectivity index (χ3v) is 2.67. The lowest BCUT2D eigenvalue weighted by molar-refractivity contribution is 0.308. The van der Waals surface area contributed by atoms with Crippen LogP contribution in [0.1, 0.15) is 30.9 Å². The van der Waals surface area contributed by atoms with E-state index in [0.717, 1.165) is 31.9 Å². The summed E-state index contributed by atoms with van der Waals surface area (Å²) in [5.41, 5.74) is 2.61. The highest BCUT2D eigenvalue weighted by Crippen LogP contribution is 2.16. The molecule has 16 heavy (non-hydrogen) atoms. The van der Waals surface area contributed by atoms with Gasteiger partial charge in [-0.1, -0.05) is 13.0 Å². The number of nitrogens with one attached hydrogen (secondary N) is 1. The molecule has 1 rings (SSSR count). The number of hydrogen-bond acceptors (Lipinski definition) is 2. The fourth-order valence-corrected chi connectivity index (χ4v) is 1.49. The number of benzene rings is 1. The van der Waals surface area contributed by atoms with Crippen molar-refractivity contribution in [3.63, 3.8) is 0 Å². The van der Waals surface area contributed by atoms with Crippen LogP contribution in [-0.2, 0) is 0 Å². The molecule has 0 spiro atoms. The normalized spacial score (nSPS) is 10.4. The largest absolute Gasteiger partial charge is 0.494 e. The van der Waals surface area contributed by atoms with Crippen LogP contribution >= 0.6 is 0 Å². The van der Waals surface area contributed by atoms with E-state index in [1.54, 1.807) is 0 Å². The van der Waals surface area contributed by atoms with E-state index in [4.69, 9.17) is 4.74 Å². The zero-order valence-corrected chi connectivity index (χ0v) is 10.7. The van der Waals surface area contributed by atoms with Crippen LogP contribution in [0, 0.1) is 13.8 Å². The minimum atomic E-state index is 0.791. The van der Waals surface area contributed by atoms with Gasteiger partial charge in [0, 0.05) is 0 Å². The van der Waals surface area contributed by atoms with Gasteiger partial charge in [0.1, 0.15) is 5.75 Å². The zero-order chi connectivity index (χ0) is 11.8. The summed E-state index contributed by atoms with van der Waals surface area (Å²) in [6.07, 6.45) is 2.25. The van der Waals surface area contributed by atoms with Gasteiger partial charge in [-0.3, -0.25) is 0 Å². The highest BCUT2D eigenvalue weighted by atomic mass is 16.5. The van der Waals surface area contributed by atoms with Crippen molar-refractivity contribution in [2.24, 2.45) is 0 Å². The van der Waals surface area contributed by atoms with Gasteiger partial charge < -0.3 is 10.1 Å². The quantitative estimate of drug-likeness (QED) is 0.714. The Morgan fingerprint density at radius 1 is 1.12 bits per heavy atom. The standard InChI is InChI=1S/C14H23NO/c1-4-8-15-9-5-10-16-14-7-6-12(2)13(3)11-14/h6-7,11,15H,4-5,8-10H2,1-3H3. The summed E-state index contributed by atoms with van der Waals surface area (Å²) in [7, 11) is 0. The predicted octanol–water partition coefficient (Wildman–Crippen LogP) is 3.07. The molecule has 0 saturated heterocycles. The highest BCUT2D eigenvalue weighted by molar-refractivity contribution is 5.33. The first-order valence-corrected chi connectivity index (χ1v) is 6.15. The van der Waals surface area contributed by atoms with Crippen molar-refractivity contribution in [1.29, 1.82) is 0 Å². The van der Waals surface area contributed by atoms with Crippen LogP contribution in [0.4, 0.5) is 0 Å². The Bertz CT molecular complexity index is 310. The predicted molar refractivity (Wildman–Crippen MR) is 69.2 cm³/mol. The molecule has 0 atom stereocenters. The van der Waals surface area contributed by atoms with Gasteiger partial charge in [0.15, 0.2) is 0 Å². The third-order valence-electron chi connectivity index (χ3n) is 2.67. The molecular formula is C14H23NO. The van der Waals surface area contributed by atoms with E-state index >= 15 is 0 Å². The molecule has 0 unspecified atom stereocenters. The lowest BCUT2D eigenvalue weighted by atomic mass is 10.1. The SMILES string of the molecule is CCCNCCCOc1ccc(C)c(C)c1. The van der Waals surface area contributed by atoms with Crippen LogP contribution in [0.2, 0.25) is 0 Å². The van der Waals surface area contributed by atoms with E-state index in [2.05, 4.69) is 38.2 Å². The molecule has 0 amide bonds. The molecule has 0 bridgehead atoms. The van der Waals surface area contributed by atoms with E-state index in [1.807, 2.05) is 6.07 Å². The van der Waals surface area contributed by atoms with Crippen molar-refractivity contribution in [3.05, 3.63) is 29.3 Å². The van der Waals surface area contributed by atoms with Crippen molar-refractivity contribution in [2.45, 2.75) is 33.6 Å². The van der Waals surface area contributed by atoms with Crippen molar-refractivity contribution in [3.8, 4) is 5.75 Å². The Balaban J connectivity index is 2.19. The molecule has 1 aromatic carbocycles. The first-order valence-electron chi connectivity index (χ1n) is 6.15. The van der Waals surface area contributed by atoms with Gasteiger partial charge in [-0.05, 0) is 63.0 Å². The summed E-state index contributed by atoms with van der Waals surface area (Å²) in [5, 5.41) is 3.36. The summed E-state index contributed by atoms with van der Waals surface area (Å²) < 4.78 is 5.68. The summed E-state index contributed by atoms with van der Waals surface area (Å²) >= 11 is 0. The van der Waals surface area contributed by atoms with Crippen molar-refractivity contribution in [2.75, 3.05) is 19.7 Å². The van der Waals surface area contributed by atoms with E-state index in [-0.39, 0.29) is 0 Å². The van der Waals surface area contributed by atoms with Gasteiger partial charge in [-0.2, -0.15) is 0 Å². The first-order chi connectivity index (χ1) is 7.74. The second kappa shape index (κ2) is 7.29. The lowest BCUT2D eigenvalue weighted by Gasteiger charge is -2.08. The Morgan fingerprint density at radius 3 is 2.62 bits per heavy atom. The topological polar surface area (TPSA) is 21.3 Å². The molecule has 0 aliphatic rings. The van der Waals surface area contributed by atoms with Gasteiger partial charge in [0.25, 0.3) is 0 Å². The maximum atomic E-state index is 5.68. The second-order valence-electron chi connectivity index (χ2n) is 4.20. The van der Waals surface area contributed by atoms with Crippen LogP contribution in [0.15, 0.2) is 18.2 Å². The molecule has 2 heteroatoms. The van der Waals surface area contributed by atoms with E-state index in [1.165, 1.54) is 17.5 Å². The number of hydrogen-bond donors (Lipinski definition) is 1. The van der Waals surface area contributed by atoms with E-state index in [0.29, 0.717) is 0 Å². The zero-order valence-electron chi connectivity index (χ0n) is 10.7. The minimum absolute atomic E-state index is 0.791. The molecule has 90 valence electrons. The van der Waals surface area contributed by atoms with Gasteiger partial charge in [0.2, 0.25) is 0 Å². The monoisotopic (exact) mass is 221 g/mol. The fraction of sp³-hybridized carbons (Fsp3) is 0.571. The molecule has 0 aromatic heterocycles. The Morgan fingerprint density at radius 2 is 1.94 bits per heavy atom. The summed E-state index contributed by atoms with van der Waals surface area (Å²) in [6, 6.07) is 6.26. The van der Waals surface area contributed by atoms with Gasteiger partial charge in [-0.15, -0.1) is 0 Å². The molecule has 0 fully saturated rings. The van der Waals surface area contributed by atoms with Crippen molar-refractivity contribution < 1.29 is 4.74 Å². The molecule has 0 radical (unpaired) electrons. The van der Waals surface area contributed by atoms with Crippen LogP contribution in [-0.4, -0.2) is 19.7 Å². The van der Waals surface area contributed by atoms with Crippen molar-refractivity contribution in [1.82, 2.24) is 5.32 Å². The minimum Gasteiger partial charge on any atom is -0.494 e. The number of ether oxygens (including phenoxy) is 1. The Hall–Kier alpha value is -1.02. The van der Waals surface area contributed by atoms with Crippen LogP contribution < -0.4 is 10.1 Å². The van der Waals surface area contributed by atoms with Crippen LogP contribution in [0.3, 0.4) is 0 Å². The molecule has 1 aromatic rings. The maximum Gasteiger partial charge on any atom is 0.119 e. The lowest BCUT2D eigenvalue weighted by Crippen LogP contribution is -2.18. The fourth-order valence-electron chi connectivity index (χ4n) is 1.49. The van der Waals surface area contributed by atoms with Gasteiger partial charge >= 0.3 is 0 Å². The molecule has 0 saturated carbocycles. The maximum absolute atomic E-state index is 5.68. The first kappa shape index (κ1) is 13.0. The summed E-state index contributed by atoms with van der Waals surface area (Å²) in [6.45, 7) is 9.35. The molecule has 2 nitrogen and oxygen atoms in total. The average molecular weight is 221 g/mol.